The summed E-state index contributed by atoms with van der Waals surface area (Å²) >= 11 is 5.67. The first-order valence-corrected chi connectivity index (χ1v) is 5.73. The van der Waals surface area contributed by atoms with E-state index >= 15 is 0 Å². The van der Waals surface area contributed by atoms with Gasteiger partial charge in [0.15, 0.2) is 0 Å². The minimum Gasteiger partial charge on any atom is -0.264 e. The number of benzene rings is 1. The van der Waals surface area contributed by atoms with E-state index in [9.17, 15) is 13.2 Å². The summed E-state index contributed by atoms with van der Waals surface area (Å²) < 4.78 is 38.6. The second-order valence-corrected chi connectivity index (χ2v) is 3.97. The molecule has 0 aliphatic carbocycles. The van der Waals surface area contributed by atoms with Crippen molar-refractivity contribution in [3.63, 3.8) is 0 Å². The number of nitrogens with zero attached hydrogens (tertiary/aromatic N) is 1. The van der Waals surface area contributed by atoms with Gasteiger partial charge in [-0.2, -0.15) is 13.2 Å². The van der Waals surface area contributed by atoms with Crippen LogP contribution in [-0.4, -0.2) is 4.98 Å². The topological polar surface area (TPSA) is 12.9 Å². The fourth-order valence-electron chi connectivity index (χ4n) is 1.79. The molecule has 0 aliphatic rings. The van der Waals surface area contributed by atoms with Crippen molar-refractivity contribution in [2.75, 3.05) is 0 Å². The first-order chi connectivity index (χ1) is 8.54. The number of aromatic nitrogens is 1. The van der Waals surface area contributed by atoms with Gasteiger partial charge in [-0.1, -0.05) is 18.2 Å². The van der Waals surface area contributed by atoms with Gasteiger partial charge in [-0.25, -0.2) is 0 Å². The maximum Gasteiger partial charge on any atom is 0.416 e. The number of hydrogen-bond acceptors (Lipinski definition) is 1. The van der Waals surface area contributed by atoms with Gasteiger partial charge < -0.3 is 0 Å². The molecule has 1 aromatic heterocycles. The monoisotopic (exact) mass is 271 g/mol. The molecular formula is C13H9ClF3N. The number of halogens is 4. The third-order valence-electron chi connectivity index (χ3n) is 2.59. The van der Waals surface area contributed by atoms with Crippen molar-refractivity contribution < 1.29 is 13.2 Å². The zero-order valence-corrected chi connectivity index (χ0v) is 9.96. The summed E-state index contributed by atoms with van der Waals surface area (Å²) in [4.78, 5) is 3.90. The van der Waals surface area contributed by atoms with Crippen LogP contribution < -0.4 is 0 Å². The third kappa shape index (κ3) is 2.48. The predicted molar refractivity (Wildman–Crippen MR) is 64.2 cm³/mol. The molecule has 0 N–H and O–H groups in total. The minimum atomic E-state index is -4.40. The van der Waals surface area contributed by atoms with E-state index in [2.05, 4.69) is 4.98 Å². The third-order valence-corrected chi connectivity index (χ3v) is 2.85. The molecule has 0 saturated carbocycles. The second kappa shape index (κ2) is 4.98. The molecule has 0 radical (unpaired) electrons. The highest BCUT2D eigenvalue weighted by molar-refractivity contribution is 6.17. The molecule has 94 valence electrons. The van der Waals surface area contributed by atoms with Crippen LogP contribution in [0.1, 0.15) is 11.1 Å². The molecule has 0 aliphatic heterocycles. The fourth-order valence-corrected chi connectivity index (χ4v) is 2.08. The summed E-state index contributed by atoms with van der Waals surface area (Å²) in [6.45, 7) is 0. The molecule has 1 nitrogen and oxygen atoms in total. The average molecular weight is 272 g/mol. The summed E-state index contributed by atoms with van der Waals surface area (Å²) in [5, 5.41) is 0. The standard InChI is InChI=1S/C13H9ClF3N/c14-7-11-10(9-3-2-6-18-8-9)4-1-5-12(11)13(15,16)17/h1-6,8H,7H2. The Morgan fingerprint density at radius 1 is 1.11 bits per heavy atom. The fraction of sp³-hybridized carbons (Fsp3) is 0.154. The lowest BCUT2D eigenvalue weighted by atomic mass is 9.97. The Balaban J connectivity index is 2.63. The Labute approximate surface area is 107 Å². The van der Waals surface area contributed by atoms with Crippen LogP contribution in [0.2, 0.25) is 0 Å². The number of hydrogen-bond donors (Lipinski definition) is 0. The smallest absolute Gasteiger partial charge is 0.264 e. The van der Waals surface area contributed by atoms with Crippen molar-refractivity contribution in [1.82, 2.24) is 4.98 Å². The molecule has 18 heavy (non-hydrogen) atoms. The molecular weight excluding hydrogens is 263 g/mol. The van der Waals surface area contributed by atoms with Gasteiger partial charge in [-0.05, 0) is 23.3 Å². The van der Waals surface area contributed by atoms with Crippen molar-refractivity contribution in [1.29, 1.82) is 0 Å². The SMILES string of the molecule is FC(F)(F)c1cccc(-c2cccnc2)c1CCl. The van der Waals surface area contributed by atoms with E-state index in [4.69, 9.17) is 11.6 Å². The van der Waals surface area contributed by atoms with Crippen LogP contribution in [0.25, 0.3) is 11.1 Å². The van der Waals surface area contributed by atoms with Crippen LogP contribution in [0, 0.1) is 0 Å². The molecule has 0 fully saturated rings. The highest BCUT2D eigenvalue weighted by Gasteiger charge is 2.33. The number of pyridine rings is 1. The van der Waals surface area contributed by atoms with Crippen LogP contribution in [-0.2, 0) is 12.1 Å². The molecule has 1 aromatic carbocycles. The lowest BCUT2D eigenvalue weighted by Crippen LogP contribution is -2.09. The number of rotatable bonds is 2. The second-order valence-electron chi connectivity index (χ2n) is 3.70. The Bertz CT molecular complexity index is 538. The molecule has 0 unspecified atom stereocenters. The zero-order valence-electron chi connectivity index (χ0n) is 9.21. The van der Waals surface area contributed by atoms with Crippen LogP contribution in [0.15, 0.2) is 42.7 Å². The Kier molecular flexibility index (Phi) is 3.57. The van der Waals surface area contributed by atoms with Gasteiger partial charge in [-0.15, -0.1) is 11.6 Å². The first-order valence-electron chi connectivity index (χ1n) is 5.19. The number of alkyl halides is 4. The summed E-state index contributed by atoms with van der Waals surface area (Å²) in [7, 11) is 0. The normalized spacial score (nSPS) is 11.6. The summed E-state index contributed by atoms with van der Waals surface area (Å²) in [5.41, 5.74) is 0.477. The van der Waals surface area contributed by atoms with E-state index in [1.807, 2.05) is 0 Å². The van der Waals surface area contributed by atoms with E-state index in [0.717, 1.165) is 6.07 Å². The summed E-state index contributed by atoms with van der Waals surface area (Å²) in [6, 6.07) is 7.41. The Morgan fingerprint density at radius 3 is 2.44 bits per heavy atom. The van der Waals surface area contributed by atoms with Gasteiger partial charge in [0, 0.05) is 23.8 Å². The molecule has 2 rings (SSSR count). The molecule has 0 spiro atoms. The lowest BCUT2D eigenvalue weighted by molar-refractivity contribution is -0.138. The molecule has 1 heterocycles. The van der Waals surface area contributed by atoms with E-state index in [1.54, 1.807) is 24.4 Å². The van der Waals surface area contributed by atoms with Crippen molar-refractivity contribution in [3.8, 4) is 11.1 Å². The maximum absolute atomic E-state index is 12.9. The lowest BCUT2D eigenvalue weighted by Gasteiger charge is -2.15. The largest absolute Gasteiger partial charge is 0.416 e. The van der Waals surface area contributed by atoms with Crippen LogP contribution in [0.4, 0.5) is 13.2 Å². The van der Waals surface area contributed by atoms with Crippen molar-refractivity contribution in [2.24, 2.45) is 0 Å². The van der Waals surface area contributed by atoms with Crippen molar-refractivity contribution >= 4 is 11.6 Å². The van der Waals surface area contributed by atoms with Gasteiger partial charge in [0.25, 0.3) is 0 Å². The molecule has 0 atom stereocenters. The minimum absolute atomic E-state index is 0.0830. The van der Waals surface area contributed by atoms with E-state index in [1.165, 1.54) is 12.3 Å². The van der Waals surface area contributed by atoms with Gasteiger partial charge >= 0.3 is 6.18 Å². The Morgan fingerprint density at radius 2 is 1.89 bits per heavy atom. The Hall–Kier alpha value is -1.55. The van der Waals surface area contributed by atoms with Crippen LogP contribution in [0.3, 0.4) is 0 Å². The summed E-state index contributed by atoms with van der Waals surface area (Å²) in [6.07, 6.45) is -1.31. The van der Waals surface area contributed by atoms with Crippen molar-refractivity contribution in [2.45, 2.75) is 12.1 Å². The van der Waals surface area contributed by atoms with Gasteiger partial charge in [0.05, 0.1) is 5.56 Å². The van der Waals surface area contributed by atoms with Crippen LogP contribution in [0.5, 0.6) is 0 Å². The van der Waals surface area contributed by atoms with E-state index < -0.39 is 11.7 Å². The quantitative estimate of drug-likeness (QED) is 0.733. The molecule has 0 saturated heterocycles. The van der Waals surface area contributed by atoms with Crippen LogP contribution >= 0.6 is 11.6 Å². The van der Waals surface area contributed by atoms with Gasteiger partial charge in [0.1, 0.15) is 0 Å². The predicted octanol–water partition coefficient (Wildman–Crippen LogP) is 4.51. The molecule has 0 bridgehead atoms. The maximum atomic E-state index is 12.9. The molecule has 5 heteroatoms. The molecule has 2 aromatic rings. The molecule has 0 amide bonds. The summed E-state index contributed by atoms with van der Waals surface area (Å²) in [5.74, 6) is -0.195. The van der Waals surface area contributed by atoms with Gasteiger partial charge in [0.2, 0.25) is 0 Å². The highest BCUT2D eigenvalue weighted by atomic mass is 35.5. The zero-order chi connectivity index (χ0) is 13.2. The highest BCUT2D eigenvalue weighted by Crippen LogP contribution is 2.37. The van der Waals surface area contributed by atoms with Crippen molar-refractivity contribution in [3.05, 3.63) is 53.9 Å². The van der Waals surface area contributed by atoms with E-state index in [0.29, 0.717) is 11.1 Å². The van der Waals surface area contributed by atoms with Gasteiger partial charge in [-0.3, -0.25) is 4.98 Å². The average Bonchev–Trinajstić information content (AvgIpc) is 2.37. The van der Waals surface area contributed by atoms with E-state index in [-0.39, 0.29) is 11.4 Å². The first kappa shape index (κ1) is 12.9.